The second-order valence-corrected chi connectivity index (χ2v) is 8.67. The molecule has 1 spiro atoms. The topological polar surface area (TPSA) is 23.6 Å². The molecule has 0 aromatic carbocycles. The molecule has 1 saturated carbocycles. The van der Waals surface area contributed by atoms with Crippen LogP contribution < -0.4 is 0 Å². The normalized spacial score (nSPS) is 26.8. The van der Waals surface area contributed by atoms with Crippen LogP contribution >= 0.6 is 11.8 Å². The molecule has 3 aliphatic rings. The highest BCUT2D eigenvalue weighted by Gasteiger charge is 2.40. The molecule has 3 rings (SSSR count). The van der Waals surface area contributed by atoms with Gasteiger partial charge in [0, 0.05) is 29.5 Å². The van der Waals surface area contributed by atoms with Crippen LogP contribution in [0.3, 0.4) is 0 Å². The van der Waals surface area contributed by atoms with Crippen LogP contribution in [0.15, 0.2) is 0 Å². The Morgan fingerprint density at radius 3 is 2.59 bits per heavy atom. The van der Waals surface area contributed by atoms with Gasteiger partial charge < -0.3 is 4.90 Å². The number of piperidine rings is 1. The van der Waals surface area contributed by atoms with E-state index in [1.807, 2.05) is 0 Å². The predicted molar refractivity (Wildman–Crippen MR) is 92.9 cm³/mol. The van der Waals surface area contributed by atoms with Crippen molar-refractivity contribution in [3.8, 4) is 12.3 Å². The molecular weight excluding hydrogens is 292 g/mol. The molecule has 1 amide bonds. The second kappa shape index (κ2) is 7.27. The number of terminal acetylenes is 1. The van der Waals surface area contributed by atoms with E-state index in [4.69, 9.17) is 6.42 Å². The maximum Gasteiger partial charge on any atom is 0.225 e. The van der Waals surface area contributed by atoms with Crippen molar-refractivity contribution in [1.82, 2.24) is 9.80 Å². The van der Waals surface area contributed by atoms with Gasteiger partial charge >= 0.3 is 0 Å². The molecule has 2 aliphatic heterocycles. The molecule has 22 heavy (non-hydrogen) atoms. The molecule has 0 bridgehead atoms. The summed E-state index contributed by atoms with van der Waals surface area (Å²) in [5.41, 5.74) is 0. The zero-order valence-electron chi connectivity index (χ0n) is 13.6. The summed E-state index contributed by atoms with van der Waals surface area (Å²) in [6.45, 7) is 4.64. The summed E-state index contributed by atoms with van der Waals surface area (Å²) < 4.78 is 0.385. The number of thioether (sulfide) groups is 1. The third kappa shape index (κ3) is 3.63. The van der Waals surface area contributed by atoms with Crippen LogP contribution in [-0.2, 0) is 4.79 Å². The Hall–Kier alpha value is -0.660. The summed E-state index contributed by atoms with van der Waals surface area (Å²) in [4.78, 5) is 17.4. The Morgan fingerprint density at radius 1 is 1.18 bits per heavy atom. The van der Waals surface area contributed by atoms with Crippen LogP contribution in [-0.4, -0.2) is 58.9 Å². The molecule has 2 saturated heterocycles. The smallest absolute Gasteiger partial charge is 0.225 e. The summed E-state index contributed by atoms with van der Waals surface area (Å²) >= 11 is 2.14. The van der Waals surface area contributed by atoms with Gasteiger partial charge in [0.2, 0.25) is 5.91 Å². The highest BCUT2D eigenvalue weighted by Crippen LogP contribution is 2.43. The quantitative estimate of drug-likeness (QED) is 0.731. The molecule has 3 nitrogen and oxygen atoms in total. The van der Waals surface area contributed by atoms with E-state index in [0.717, 1.165) is 51.3 Å². The number of hydrogen-bond acceptors (Lipinski definition) is 3. The third-order valence-electron chi connectivity index (χ3n) is 5.58. The zero-order valence-corrected chi connectivity index (χ0v) is 14.4. The Balaban J connectivity index is 1.55. The van der Waals surface area contributed by atoms with Crippen molar-refractivity contribution in [2.45, 2.75) is 49.7 Å². The fourth-order valence-electron chi connectivity index (χ4n) is 4.26. The van der Waals surface area contributed by atoms with Gasteiger partial charge in [0.25, 0.3) is 0 Å². The first-order valence-corrected chi connectivity index (χ1v) is 9.80. The summed E-state index contributed by atoms with van der Waals surface area (Å²) in [5, 5.41) is 0. The standard InChI is InChI=1S/C18H28N2OS/c1-2-10-19-11-6-16(7-12-19)17(21)20-13-14-22-18(15-20)8-4-3-5-9-18/h1,16H,3-15H2. The van der Waals surface area contributed by atoms with E-state index < -0.39 is 0 Å². The number of nitrogens with zero attached hydrogens (tertiary/aromatic N) is 2. The van der Waals surface area contributed by atoms with Crippen molar-refractivity contribution in [2.24, 2.45) is 5.92 Å². The molecule has 0 N–H and O–H groups in total. The second-order valence-electron chi connectivity index (χ2n) is 7.11. The van der Waals surface area contributed by atoms with Crippen molar-refractivity contribution >= 4 is 17.7 Å². The van der Waals surface area contributed by atoms with E-state index >= 15 is 0 Å². The predicted octanol–water partition coefficient (Wildman–Crippen LogP) is 2.61. The average molecular weight is 321 g/mol. The fraction of sp³-hybridized carbons (Fsp3) is 0.833. The molecule has 3 fully saturated rings. The van der Waals surface area contributed by atoms with Crippen LogP contribution in [0, 0.1) is 18.3 Å². The van der Waals surface area contributed by atoms with E-state index in [1.165, 1.54) is 32.1 Å². The number of carbonyl (C=O) groups excluding carboxylic acids is 1. The monoisotopic (exact) mass is 320 g/mol. The van der Waals surface area contributed by atoms with Crippen LogP contribution in [0.2, 0.25) is 0 Å². The highest BCUT2D eigenvalue weighted by atomic mass is 32.2. The average Bonchev–Trinajstić information content (AvgIpc) is 2.56. The Bertz CT molecular complexity index is 425. The first kappa shape index (κ1) is 16.2. The van der Waals surface area contributed by atoms with Crippen LogP contribution in [0.5, 0.6) is 0 Å². The van der Waals surface area contributed by atoms with Crippen molar-refractivity contribution in [1.29, 1.82) is 0 Å². The van der Waals surface area contributed by atoms with Gasteiger partial charge in [0.15, 0.2) is 0 Å². The number of rotatable bonds is 2. The van der Waals surface area contributed by atoms with Gasteiger partial charge in [-0.05, 0) is 38.8 Å². The van der Waals surface area contributed by atoms with Gasteiger partial charge in [-0.25, -0.2) is 0 Å². The van der Waals surface area contributed by atoms with E-state index in [0.29, 0.717) is 10.7 Å². The maximum atomic E-state index is 12.9. The van der Waals surface area contributed by atoms with Crippen LogP contribution in [0.4, 0.5) is 0 Å². The van der Waals surface area contributed by atoms with Gasteiger partial charge in [-0.3, -0.25) is 9.69 Å². The van der Waals surface area contributed by atoms with E-state index in [2.05, 4.69) is 27.5 Å². The zero-order chi connectivity index (χ0) is 15.4. The van der Waals surface area contributed by atoms with Crippen molar-refractivity contribution < 1.29 is 4.79 Å². The molecule has 0 unspecified atom stereocenters. The fourth-order valence-corrected chi connectivity index (χ4v) is 5.83. The van der Waals surface area contributed by atoms with E-state index in [-0.39, 0.29) is 5.92 Å². The Morgan fingerprint density at radius 2 is 1.91 bits per heavy atom. The Kier molecular flexibility index (Phi) is 5.36. The molecule has 4 heteroatoms. The lowest BCUT2D eigenvalue weighted by atomic mass is 9.87. The lowest BCUT2D eigenvalue weighted by molar-refractivity contribution is -0.137. The molecule has 122 valence electrons. The summed E-state index contributed by atoms with van der Waals surface area (Å²) in [6.07, 6.45) is 14.0. The first-order chi connectivity index (χ1) is 10.7. The highest BCUT2D eigenvalue weighted by molar-refractivity contribution is 8.00. The molecule has 0 radical (unpaired) electrons. The van der Waals surface area contributed by atoms with Crippen molar-refractivity contribution in [2.75, 3.05) is 38.5 Å². The minimum atomic E-state index is 0.234. The summed E-state index contributed by atoms with van der Waals surface area (Å²) in [7, 11) is 0. The molecule has 2 heterocycles. The molecule has 0 aromatic rings. The number of hydrogen-bond donors (Lipinski definition) is 0. The van der Waals surface area contributed by atoms with Gasteiger partial charge in [-0.15, -0.1) is 6.42 Å². The summed E-state index contributed by atoms with van der Waals surface area (Å²) in [6, 6.07) is 0. The molecule has 0 aromatic heterocycles. The lowest BCUT2D eigenvalue weighted by Crippen LogP contribution is -2.52. The van der Waals surface area contributed by atoms with Crippen molar-refractivity contribution in [3.05, 3.63) is 0 Å². The lowest BCUT2D eigenvalue weighted by Gasteiger charge is -2.46. The SMILES string of the molecule is C#CCN1CCC(C(=O)N2CCSC3(CCCCC3)C2)CC1. The van der Waals surface area contributed by atoms with Gasteiger partial charge in [0.05, 0.1) is 6.54 Å². The van der Waals surface area contributed by atoms with Gasteiger partial charge in [0.1, 0.15) is 0 Å². The minimum absolute atomic E-state index is 0.234. The van der Waals surface area contributed by atoms with E-state index in [9.17, 15) is 4.79 Å². The van der Waals surface area contributed by atoms with Gasteiger partial charge in [-0.1, -0.05) is 25.2 Å². The molecule has 0 atom stereocenters. The molecule has 1 aliphatic carbocycles. The van der Waals surface area contributed by atoms with Gasteiger partial charge in [-0.2, -0.15) is 11.8 Å². The number of carbonyl (C=O) groups is 1. The van der Waals surface area contributed by atoms with Crippen molar-refractivity contribution in [3.63, 3.8) is 0 Å². The summed E-state index contributed by atoms with van der Waals surface area (Å²) in [5.74, 6) is 4.49. The van der Waals surface area contributed by atoms with E-state index in [1.54, 1.807) is 0 Å². The third-order valence-corrected chi connectivity index (χ3v) is 7.11. The van der Waals surface area contributed by atoms with Crippen LogP contribution in [0.1, 0.15) is 44.9 Å². The minimum Gasteiger partial charge on any atom is -0.340 e. The largest absolute Gasteiger partial charge is 0.340 e. The number of amides is 1. The van der Waals surface area contributed by atoms with Crippen LogP contribution in [0.25, 0.3) is 0 Å². The maximum absolute atomic E-state index is 12.9. The first-order valence-electron chi connectivity index (χ1n) is 8.81. The Labute approximate surface area is 139 Å². The number of likely N-dealkylation sites (tertiary alicyclic amines) is 1. The molecular formula is C18H28N2OS.